The number of carboxylic acids is 2. The molecule has 0 spiro atoms. The second kappa shape index (κ2) is 5.21. The summed E-state index contributed by atoms with van der Waals surface area (Å²) in [7, 11) is 0. The van der Waals surface area contributed by atoms with Crippen LogP contribution in [0.15, 0.2) is 12.1 Å². The van der Waals surface area contributed by atoms with Crippen molar-refractivity contribution in [1.82, 2.24) is 0 Å². The predicted molar refractivity (Wildman–Crippen MR) is 68.5 cm³/mol. The second-order valence-electron chi connectivity index (χ2n) is 4.95. The first-order chi connectivity index (χ1) is 8.25. The summed E-state index contributed by atoms with van der Waals surface area (Å²) in [6.45, 7) is 7.40. The summed E-state index contributed by atoms with van der Waals surface area (Å²) in [6.07, 6.45) is 0. The normalized spacial score (nSPS) is 11.0. The maximum absolute atomic E-state index is 11.2. The highest BCUT2D eigenvalue weighted by molar-refractivity contribution is 5.95. The van der Waals surface area contributed by atoms with Crippen LogP contribution in [0.25, 0.3) is 0 Å². The van der Waals surface area contributed by atoms with Crippen LogP contribution in [0, 0.1) is 0 Å². The lowest BCUT2D eigenvalue weighted by molar-refractivity contribution is 0.0678. The van der Waals surface area contributed by atoms with Crippen molar-refractivity contribution in [3.8, 4) is 0 Å². The van der Waals surface area contributed by atoms with Crippen molar-refractivity contribution in [2.45, 2.75) is 39.5 Å². The van der Waals surface area contributed by atoms with Crippen LogP contribution in [0.3, 0.4) is 0 Å². The fourth-order valence-electron chi connectivity index (χ4n) is 1.96. The van der Waals surface area contributed by atoms with E-state index in [0.717, 1.165) is 0 Å². The average molecular weight is 250 g/mol. The van der Waals surface area contributed by atoms with Gasteiger partial charge in [0.25, 0.3) is 0 Å². The molecule has 0 aliphatic rings. The minimum Gasteiger partial charge on any atom is -0.478 e. The zero-order chi connectivity index (χ0) is 14.0. The van der Waals surface area contributed by atoms with E-state index in [-0.39, 0.29) is 23.0 Å². The first kappa shape index (κ1) is 14.2. The lowest BCUT2D eigenvalue weighted by atomic mass is 9.88. The van der Waals surface area contributed by atoms with Crippen molar-refractivity contribution in [3.63, 3.8) is 0 Å². The van der Waals surface area contributed by atoms with Crippen LogP contribution < -0.4 is 0 Å². The van der Waals surface area contributed by atoms with Crippen LogP contribution in [0.1, 0.15) is 71.4 Å². The number of aromatic carboxylic acids is 2. The SMILES string of the molecule is CC(C)c1cc(C(=O)O)c(C(C)C)cc1C(=O)O. The number of hydrogen-bond donors (Lipinski definition) is 2. The van der Waals surface area contributed by atoms with Crippen molar-refractivity contribution < 1.29 is 19.8 Å². The maximum Gasteiger partial charge on any atom is 0.335 e. The smallest absolute Gasteiger partial charge is 0.335 e. The minimum atomic E-state index is -1.02. The minimum absolute atomic E-state index is 0.0320. The Bertz CT molecular complexity index is 441. The quantitative estimate of drug-likeness (QED) is 0.859. The molecule has 18 heavy (non-hydrogen) atoms. The molecule has 2 N–H and O–H groups in total. The number of hydrogen-bond acceptors (Lipinski definition) is 2. The van der Waals surface area contributed by atoms with Crippen LogP contribution in [-0.2, 0) is 0 Å². The van der Waals surface area contributed by atoms with Crippen molar-refractivity contribution in [2.24, 2.45) is 0 Å². The van der Waals surface area contributed by atoms with Crippen molar-refractivity contribution in [3.05, 3.63) is 34.4 Å². The van der Waals surface area contributed by atoms with Gasteiger partial charge >= 0.3 is 11.9 Å². The van der Waals surface area contributed by atoms with Gasteiger partial charge in [0, 0.05) is 0 Å². The second-order valence-corrected chi connectivity index (χ2v) is 4.95. The van der Waals surface area contributed by atoms with Crippen LogP contribution in [0.2, 0.25) is 0 Å². The van der Waals surface area contributed by atoms with Gasteiger partial charge in [-0.2, -0.15) is 0 Å². The summed E-state index contributed by atoms with van der Waals surface area (Å²) in [4.78, 5) is 22.5. The topological polar surface area (TPSA) is 74.6 Å². The Morgan fingerprint density at radius 1 is 0.833 bits per heavy atom. The van der Waals surface area contributed by atoms with Crippen molar-refractivity contribution in [1.29, 1.82) is 0 Å². The Hall–Kier alpha value is -1.84. The first-order valence-corrected chi connectivity index (χ1v) is 5.90. The molecule has 0 aliphatic carbocycles. The molecule has 0 aromatic heterocycles. The highest BCUT2D eigenvalue weighted by atomic mass is 16.4. The van der Waals surface area contributed by atoms with Gasteiger partial charge < -0.3 is 10.2 Å². The molecule has 0 unspecified atom stereocenters. The van der Waals surface area contributed by atoms with Crippen LogP contribution in [0.4, 0.5) is 0 Å². The molecule has 4 nitrogen and oxygen atoms in total. The van der Waals surface area contributed by atoms with Gasteiger partial charge in [-0.25, -0.2) is 9.59 Å². The maximum atomic E-state index is 11.2. The van der Waals surface area contributed by atoms with E-state index >= 15 is 0 Å². The van der Waals surface area contributed by atoms with Crippen LogP contribution >= 0.6 is 0 Å². The molecule has 98 valence electrons. The summed E-state index contributed by atoms with van der Waals surface area (Å²) in [5, 5.41) is 18.4. The molecule has 0 atom stereocenters. The zero-order valence-corrected chi connectivity index (χ0v) is 11.0. The third kappa shape index (κ3) is 2.70. The molecule has 1 aromatic rings. The fraction of sp³-hybridized carbons (Fsp3) is 0.429. The van der Waals surface area contributed by atoms with Gasteiger partial charge in [0.15, 0.2) is 0 Å². The summed E-state index contributed by atoms with van der Waals surface area (Å²) < 4.78 is 0. The van der Waals surface area contributed by atoms with Crippen molar-refractivity contribution >= 4 is 11.9 Å². The number of carbonyl (C=O) groups is 2. The molecular formula is C14H18O4. The highest BCUT2D eigenvalue weighted by Crippen LogP contribution is 2.28. The van der Waals surface area contributed by atoms with E-state index in [1.165, 1.54) is 12.1 Å². The molecule has 0 amide bonds. The predicted octanol–water partition coefficient (Wildman–Crippen LogP) is 3.33. The standard InChI is InChI=1S/C14H18O4/c1-7(2)9-5-12(14(17)18)10(8(3)4)6-11(9)13(15)16/h5-8H,1-4H3,(H,15,16)(H,17,18). The van der Waals surface area contributed by atoms with E-state index in [1.54, 1.807) is 0 Å². The van der Waals surface area contributed by atoms with Gasteiger partial charge in [-0.1, -0.05) is 27.7 Å². The number of benzene rings is 1. The van der Waals surface area contributed by atoms with Gasteiger partial charge in [0.1, 0.15) is 0 Å². The fourth-order valence-corrected chi connectivity index (χ4v) is 1.96. The van der Waals surface area contributed by atoms with E-state index < -0.39 is 11.9 Å². The Morgan fingerprint density at radius 2 is 1.11 bits per heavy atom. The average Bonchev–Trinajstić information content (AvgIpc) is 2.26. The van der Waals surface area contributed by atoms with Crippen LogP contribution in [0.5, 0.6) is 0 Å². The molecule has 4 heteroatoms. The van der Waals surface area contributed by atoms with Gasteiger partial charge in [-0.05, 0) is 35.1 Å². The molecule has 1 aromatic carbocycles. The van der Waals surface area contributed by atoms with E-state index in [4.69, 9.17) is 0 Å². The van der Waals surface area contributed by atoms with Crippen molar-refractivity contribution in [2.75, 3.05) is 0 Å². The summed E-state index contributed by atoms with van der Waals surface area (Å²) >= 11 is 0. The molecule has 0 saturated carbocycles. The van der Waals surface area contributed by atoms with Gasteiger partial charge in [-0.3, -0.25) is 0 Å². The molecule has 0 radical (unpaired) electrons. The molecule has 0 fully saturated rings. The molecule has 0 aliphatic heterocycles. The van der Waals surface area contributed by atoms with Gasteiger partial charge in [0.2, 0.25) is 0 Å². The van der Waals surface area contributed by atoms with E-state index in [1.807, 2.05) is 27.7 Å². The summed E-state index contributed by atoms with van der Waals surface area (Å²) in [5.41, 5.74) is 1.51. The summed E-state index contributed by atoms with van der Waals surface area (Å²) in [6, 6.07) is 2.98. The molecular weight excluding hydrogens is 232 g/mol. The molecule has 0 bridgehead atoms. The molecule has 1 rings (SSSR count). The lowest BCUT2D eigenvalue weighted by Crippen LogP contribution is -2.11. The monoisotopic (exact) mass is 250 g/mol. The van der Waals surface area contributed by atoms with E-state index in [9.17, 15) is 19.8 Å². The van der Waals surface area contributed by atoms with Gasteiger partial charge in [-0.15, -0.1) is 0 Å². The first-order valence-electron chi connectivity index (χ1n) is 5.90. The Morgan fingerprint density at radius 3 is 1.28 bits per heavy atom. The third-order valence-corrected chi connectivity index (χ3v) is 2.93. The number of carboxylic acid groups (broad SMARTS) is 2. The van der Waals surface area contributed by atoms with E-state index in [0.29, 0.717) is 11.1 Å². The summed E-state index contributed by atoms with van der Waals surface area (Å²) in [5.74, 6) is -2.10. The third-order valence-electron chi connectivity index (χ3n) is 2.93. The Balaban J connectivity index is 3.60. The Labute approximate surface area is 106 Å². The largest absolute Gasteiger partial charge is 0.478 e. The molecule has 0 saturated heterocycles. The highest BCUT2D eigenvalue weighted by Gasteiger charge is 2.21. The van der Waals surface area contributed by atoms with Crippen LogP contribution in [-0.4, -0.2) is 22.2 Å². The zero-order valence-electron chi connectivity index (χ0n) is 11.0. The lowest BCUT2D eigenvalue weighted by Gasteiger charge is -2.16. The number of rotatable bonds is 4. The Kier molecular flexibility index (Phi) is 4.11. The van der Waals surface area contributed by atoms with Gasteiger partial charge in [0.05, 0.1) is 11.1 Å². The molecule has 0 heterocycles. The van der Waals surface area contributed by atoms with E-state index in [2.05, 4.69) is 0 Å².